The van der Waals surface area contributed by atoms with Gasteiger partial charge in [0, 0.05) is 41.9 Å². The van der Waals surface area contributed by atoms with Crippen molar-refractivity contribution in [1.82, 2.24) is 15.0 Å². The van der Waals surface area contributed by atoms with Crippen molar-refractivity contribution < 1.29 is 23.5 Å². The van der Waals surface area contributed by atoms with Crippen LogP contribution in [0.3, 0.4) is 0 Å². The first-order chi connectivity index (χ1) is 25.6. The molecule has 4 heterocycles. The zero-order valence-corrected chi connectivity index (χ0v) is 31.2. The molecule has 9 nitrogen and oxygen atoms in total. The van der Waals surface area contributed by atoms with Gasteiger partial charge >= 0.3 is 0 Å². The number of amides is 2. The van der Waals surface area contributed by atoms with Crippen LogP contribution in [-0.2, 0) is 39.4 Å². The summed E-state index contributed by atoms with van der Waals surface area (Å²) < 4.78 is 25.4. The Labute approximate surface area is 310 Å². The number of anilines is 3. The number of carbonyl (C=O) groups excluding carboxylic acids is 2. The highest BCUT2D eigenvalue weighted by Crippen LogP contribution is 2.61. The Hall–Kier alpha value is -4.97. The highest BCUT2D eigenvalue weighted by molar-refractivity contribution is 6.72. The maximum Gasteiger partial charge on any atom is 0.264 e. The molecule has 1 unspecified atom stereocenters. The molecule has 1 spiro atoms. The fourth-order valence-corrected chi connectivity index (χ4v) is 11.5. The van der Waals surface area contributed by atoms with Crippen LogP contribution in [0, 0.1) is 5.92 Å². The predicted octanol–water partition coefficient (Wildman–Crippen LogP) is 7.43. The fraction of sp³-hybridized carbons (Fsp3) is 0.333. The molecule has 0 radical (unpaired) electrons. The second-order valence-corrected chi connectivity index (χ2v) is 18.8. The van der Waals surface area contributed by atoms with Crippen LogP contribution in [0.5, 0.6) is 0 Å². The lowest BCUT2D eigenvalue weighted by molar-refractivity contribution is -0.146. The van der Waals surface area contributed by atoms with Gasteiger partial charge < -0.3 is 18.9 Å². The van der Waals surface area contributed by atoms with Crippen molar-refractivity contribution in [3.63, 3.8) is 0 Å². The molecule has 11 heteroatoms. The van der Waals surface area contributed by atoms with E-state index in [0.29, 0.717) is 55.0 Å². The fourth-order valence-electron chi connectivity index (χ4n) is 8.98. The molecular formula is C42H44FN5O4Si. The topological polar surface area (TPSA) is 101 Å². The molecule has 4 aromatic carbocycles. The van der Waals surface area contributed by atoms with Crippen LogP contribution < -0.4 is 9.80 Å². The van der Waals surface area contributed by atoms with Gasteiger partial charge in [-0.2, -0.15) is 0 Å². The zero-order valence-electron chi connectivity index (χ0n) is 30.2. The highest BCUT2D eigenvalue weighted by atomic mass is 28.4. The SMILES string of the molecule is C[C@H]1[C@H]([Si](C)(C)F)[C@@H](CCn2cc(C(CO)c3ccccc3)nn2)O[C@]12C(=O)N(Cc1ccccc1)c1ccc(N3C(=O)CCc4ccccc43)cc12. The van der Waals surface area contributed by atoms with Crippen molar-refractivity contribution in [2.75, 3.05) is 16.4 Å². The minimum Gasteiger partial charge on any atom is -0.395 e. The Morgan fingerprint density at radius 3 is 2.40 bits per heavy atom. The number of aliphatic hydroxyl groups excluding tert-OH is 1. The molecule has 1 saturated heterocycles. The number of hydrogen-bond acceptors (Lipinski definition) is 6. The number of aliphatic hydroxyl groups is 1. The number of benzene rings is 4. The molecule has 5 atom stereocenters. The van der Waals surface area contributed by atoms with Crippen LogP contribution in [0.4, 0.5) is 21.2 Å². The molecule has 1 N–H and O–H groups in total. The van der Waals surface area contributed by atoms with Gasteiger partial charge in [0.15, 0.2) is 5.60 Å². The minimum atomic E-state index is -3.43. The Balaban J connectivity index is 1.17. The number of carbonyl (C=O) groups is 2. The molecule has 8 rings (SSSR count). The summed E-state index contributed by atoms with van der Waals surface area (Å²) in [7, 11) is -3.43. The van der Waals surface area contributed by atoms with Crippen LogP contribution in [0.25, 0.3) is 0 Å². The summed E-state index contributed by atoms with van der Waals surface area (Å²) in [6.07, 6.45) is 2.71. The summed E-state index contributed by atoms with van der Waals surface area (Å²) in [6, 6.07) is 33.2. The Morgan fingerprint density at radius 1 is 0.943 bits per heavy atom. The first kappa shape index (κ1) is 35.1. The van der Waals surface area contributed by atoms with Gasteiger partial charge in [0.2, 0.25) is 14.3 Å². The number of para-hydroxylation sites is 1. The maximum absolute atomic E-state index is 16.7. The van der Waals surface area contributed by atoms with E-state index in [2.05, 4.69) is 10.3 Å². The number of aryl methyl sites for hydroxylation is 2. The third-order valence-corrected chi connectivity index (χ3v) is 13.9. The van der Waals surface area contributed by atoms with Gasteiger partial charge in [-0.25, -0.2) is 0 Å². The van der Waals surface area contributed by atoms with E-state index in [1.165, 1.54) is 0 Å². The van der Waals surface area contributed by atoms with Crippen LogP contribution in [0.2, 0.25) is 18.6 Å². The summed E-state index contributed by atoms with van der Waals surface area (Å²) in [4.78, 5) is 32.1. The van der Waals surface area contributed by atoms with Crippen LogP contribution in [0.15, 0.2) is 109 Å². The smallest absolute Gasteiger partial charge is 0.264 e. The number of rotatable bonds is 10. The van der Waals surface area contributed by atoms with E-state index in [4.69, 9.17) is 4.74 Å². The Kier molecular flexibility index (Phi) is 9.12. The number of halogens is 1. The van der Waals surface area contributed by atoms with Crippen molar-refractivity contribution >= 4 is 37.3 Å². The molecule has 0 aliphatic carbocycles. The lowest BCUT2D eigenvalue weighted by Gasteiger charge is -2.32. The van der Waals surface area contributed by atoms with Crippen LogP contribution in [0.1, 0.15) is 53.6 Å². The summed E-state index contributed by atoms with van der Waals surface area (Å²) in [5.41, 5.74) is 4.55. The number of ether oxygens (including phenoxy) is 1. The first-order valence-corrected chi connectivity index (χ1v) is 21.4. The Morgan fingerprint density at radius 2 is 1.66 bits per heavy atom. The van der Waals surface area contributed by atoms with Crippen molar-refractivity contribution in [2.45, 2.75) is 75.5 Å². The molecule has 3 aliphatic rings. The number of fused-ring (bicyclic) bond motifs is 3. The molecule has 3 aliphatic heterocycles. The summed E-state index contributed by atoms with van der Waals surface area (Å²) >= 11 is 0. The van der Waals surface area contributed by atoms with Gasteiger partial charge in [-0.05, 0) is 66.9 Å². The molecule has 1 fully saturated rings. The average Bonchev–Trinajstić information content (AvgIpc) is 3.82. The Bertz CT molecular complexity index is 2140. The molecule has 53 heavy (non-hydrogen) atoms. The van der Waals surface area contributed by atoms with Gasteiger partial charge in [0.05, 0.1) is 42.2 Å². The minimum absolute atomic E-state index is 0.0143. The zero-order chi connectivity index (χ0) is 36.9. The maximum atomic E-state index is 16.7. The van der Waals surface area contributed by atoms with E-state index in [1.807, 2.05) is 116 Å². The monoisotopic (exact) mass is 729 g/mol. The molecule has 272 valence electrons. The molecule has 0 bridgehead atoms. The van der Waals surface area contributed by atoms with Crippen LogP contribution >= 0.6 is 0 Å². The number of nitrogens with zero attached hydrogens (tertiary/aromatic N) is 5. The van der Waals surface area contributed by atoms with Gasteiger partial charge in [-0.15, -0.1) is 5.10 Å². The van der Waals surface area contributed by atoms with E-state index in [-0.39, 0.29) is 24.3 Å². The van der Waals surface area contributed by atoms with Gasteiger partial charge in [0.1, 0.15) is 0 Å². The average molecular weight is 730 g/mol. The van der Waals surface area contributed by atoms with E-state index < -0.39 is 31.6 Å². The summed E-state index contributed by atoms with van der Waals surface area (Å²) in [5.74, 6) is -1.04. The normalized spacial score (nSPS) is 23.1. The second kappa shape index (κ2) is 13.8. The molecule has 2 amide bonds. The van der Waals surface area contributed by atoms with Crippen molar-refractivity contribution in [1.29, 1.82) is 0 Å². The van der Waals surface area contributed by atoms with Gasteiger partial charge in [-0.3, -0.25) is 19.2 Å². The van der Waals surface area contributed by atoms with E-state index in [1.54, 1.807) is 27.6 Å². The van der Waals surface area contributed by atoms with Gasteiger partial charge in [-0.1, -0.05) is 91.0 Å². The molecule has 1 aromatic heterocycles. The third-order valence-electron chi connectivity index (χ3n) is 11.4. The van der Waals surface area contributed by atoms with Crippen molar-refractivity contribution in [3.05, 3.63) is 137 Å². The molecule has 0 saturated carbocycles. The largest absolute Gasteiger partial charge is 0.395 e. The van der Waals surface area contributed by atoms with E-state index in [0.717, 1.165) is 22.4 Å². The lowest BCUT2D eigenvalue weighted by Crippen LogP contribution is -2.45. The lowest BCUT2D eigenvalue weighted by atomic mass is 9.82. The van der Waals surface area contributed by atoms with Crippen LogP contribution in [-0.4, -0.2) is 53.0 Å². The molecular weight excluding hydrogens is 686 g/mol. The number of aromatic nitrogens is 3. The summed E-state index contributed by atoms with van der Waals surface area (Å²) in [6.45, 7) is 5.96. The number of hydrogen-bond donors (Lipinski definition) is 1. The first-order valence-electron chi connectivity index (χ1n) is 18.4. The van der Waals surface area contributed by atoms with E-state index in [9.17, 15) is 9.90 Å². The quantitative estimate of drug-likeness (QED) is 0.119. The van der Waals surface area contributed by atoms with Gasteiger partial charge in [0.25, 0.3) is 5.91 Å². The second-order valence-electron chi connectivity index (χ2n) is 15.0. The highest BCUT2D eigenvalue weighted by Gasteiger charge is 2.66. The van der Waals surface area contributed by atoms with Crippen molar-refractivity contribution in [2.24, 2.45) is 5.92 Å². The summed E-state index contributed by atoms with van der Waals surface area (Å²) in [5, 5.41) is 19.0. The van der Waals surface area contributed by atoms with E-state index >= 15 is 8.90 Å². The van der Waals surface area contributed by atoms with Crippen molar-refractivity contribution in [3.8, 4) is 0 Å². The molecule has 5 aromatic rings. The standard InChI is InChI=1S/C42H44FN5O4Si/c1-28-40(53(2,3)43)38(22-23-46-26-35(44-45-46)33(27-49)30-14-8-5-9-15-30)52-42(28)34-24-32(48-36-17-11-10-16-31(36)18-21-39(48)50)19-20-37(34)47(41(42)51)25-29-12-6-4-7-13-29/h4-17,19-20,24,26,28,33,38,40,49H,18,21-23,25,27H2,1-3H3/t28-,33?,38+,40-,42+/m0/s1. The third kappa shape index (κ3) is 6.10. The predicted molar refractivity (Wildman–Crippen MR) is 204 cm³/mol.